The van der Waals surface area contributed by atoms with Crippen molar-refractivity contribution < 1.29 is 13.9 Å². The van der Waals surface area contributed by atoms with Crippen molar-refractivity contribution in [1.82, 2.24) is 5.43 Å². The van der Waals surface area contributed by atoms with E-state index >= 15 is 0 Å². The predicted molar refractivity (Wildman–Crippen MR) is 71.1 cm³/mol. The fourth-order valence-corrected chi connectivity index (χ4v) is 1.35. The van der Waals surface area contributed by atoms with Crippen LogP contribution in [0.3, 0.4) is 0 Å². The van der Waals surface area contributed by atoms with Crippen molar-refractivity contribution in [3.63, 3.8) is 0 Å². The van der Waals surface area contributed by atoms with Crippen LogP contribution in [0.4, 0.5) is 0 Å². The molecule has 1 N–H and O–H groups in total. The zero-order valence-electron chi connectivity index (χ0n) is 10.5. The first-order valence-electron chi connectivity index (χ1n) is 5.79. The lowest BCUT2D eigenvalue weighted by molar-refractivity contribution is -0.123. The van der Waals surface area contributed by atoms with Crippen molar-refractivity contribution in [3.05, 3.63) is 54.0 Å². The second kappa shape index (κ2) is 6.39. The second-order valence-corrected chi connectivity index (χ2v) is 3.91. The smallest absolute Gasteiger partial charge is 0.277 e. The van der Waals surface area contributed by atoms with E-state index in [1.165, 1.54) is 12.5 Å². The zero-order valence-corrected chi connectivity index (χ0v) is 10.5. The van der Waals surface area contributed by atoms with Gasteiger partial charge in [0, 0.05) is 0 Å². The zero-order chi connectivity index (χ0) is 13.5. The number of ether oxygens (including phenoxy) is 1. The van der Waals surface area contributed by atoms with Crippen molar-refractivity contribution in [3.8, 4) is 5.75 Å². The SMILES string of the molecule is Cc1ccc(OCC(=O)N/N=C\c2ccco2)cc1. The summed E-state index contributed by atoms with van der Waals surface area (Å²) in [7, 11) is 0. The molecule has 1 aromatic heterocycles. The maximum absolute atomic E-state index is 11.4. The minimum atomic E-state index is -0.330. The molecule has 2 aromatic rings. The third kappa shape index (κ3) is 4.31. The van der Waals surface area contributed by atoms with Gasteiger partial charge in [-0.1, -0.05) is 17.7 Å². The van der Waals surface area contributed by atoms with Gasteiger partial charge in [-0.3, -0.25) is 4.79 Å². The summed E-state index contributed by atoms with van der Waals surface area (Å²) < 4.78 is 10.3. The van der Waals surface area contributed by atoms with Crippen LogP contribution < -0.4 is 10.2 Å². The molecule has 0 spiro atoms. The van der Waals surface area contributed by atoms with Crippen LogP contribution in [0.2, 0.25) is 0 Å². The van der Waals surface area contributed by atoms with E-state index < -0.39 is 0 Å². The molecule has 19 heavy (non-hydrogen) atoms. The maximum atomic E-state index is 11.4. The lowest BCUT2D eigenvalue weighted by Gasteiger charge is -2.04. The number of hydrazone groups is 1. The highest BCUT2D eigenvalue weighted by Crippen LogP contribution is 2.10. The Hall–Kier alpha value is -2.56. The van der Waals surface area contributed by atoms with Gasteiger partial charge >= 0.3 is 0 Å². The molecule has 98 valence electrons. The Bertz CT molecular complexity index is 545. The third-order valence-corrected chi connectivity index (χ3v) is 2.32. The van der Waals surface area contributed by atoms with Crippen LogP contribution in [0.1, 0.15) is 11.3 Å². The summed E-state index contributed by atoms with van der Waals surface area (Å²) in [6, 6.07) is 10.9. The molecule has 0 aliphatic carbocycles. The molecule has 0 aliphatic heterocycles. The Morgan fingerprint density at radius 3 is 2.84 bits per heavy atom. The van der Waals surface area contributed by atoms with Crippen molar-refractivity contribution in [1.29, 1.82) is 0 Å². The first kappa shape index (κ1) is 12.9. The number of carbonyl (C=O) groups excluding carboxylic acids is 1. The van der Waals surface area contributed by atoms with E-state index in [1.807, 2.05) is 31.2 Å². The number of nitrogens with one attached hydrogen (secondary N) is 1. The molecule has 0 unspecified atom stereocenters. The van der Waals surface area contributed by atoms with E-state index in [0.717, 1.165) is 5.56 Å². The van der Waals surface area contributed by atoms with Crippen LogP contribution in [0.25, 0.3) is 0 Å². The molecule has 2 rings (SSSR count). The van der Waals surface area contributed by atoms with Crippen molar-refractivity contribution in [2.24, 2.45) is 5.10 Å². The van der Waals surface area contributed by atoms with Crippen LogP contribution >= 0.6 is 0 Å². The molecule has 0 fully saturated rings. The molecule has 0 atom stereocenters. The van der Waals surface area contributed by atoms with Gasteiger partial charge in [-0.05, 0) is 31.2 Å². The third-order valence-electron chi connectivity index (χ3n) is 2.32. The largest absolute Gasteiger partial charge is 0.484 e. The van der Waals surface area contributed by atoms with Gasteiger partial charge < -0.3 is 9.15 Å². The molecule has 0 saturated heterocycles. The maximum Gasteiger partial charge on any atom is 0.277 e. The summed E-state index contributed by atoms with van der Waals surface area (Å²) in [6.45, 7) is 1.90. The fraction of sp³-hybridized carbons (Fsp3) is 0.143. The average Bonchev–Trinajstić information content (AvgIpc) is 2.91. The van der Waals surface area contributed by atoms with E-state index in [1.54, 1.807) is 12.1 Å². The van der Waals surface area contributed by atoms with Gasteiger partial charge in [-0.25, -0.2) is 5.43 Å². The normalized spacial score (nSPS) is 10.6. The van der Waals surface area contributed by atoms with Crippen molar-refractivity contribution in [2.75, 3.05) is 6.61 Å². The summed E-state index contributed by atoms with van der Waals surface area (Å²) in [5.41, 5.74) is 3.49. The first-order chi connectivity index (χ1) is 9.24. The van der Waals surface area contributed by atoms with Crippen LogP contribution in [0.5, 0.6) is 5.75 Å². The summed E-state index contributed by atoms with van der Waals surface area (Å²) in [4.78, 5) is 11.4. The molecule has 0 radical (unpaired) electrons. The van der Waals surface area contributed by atoms with Gasteiger partial charge in [0.2, 0.25) is 0 Å². The number of hydrogen-bond acceptors (Lipinski definition) is 4. The Labute approximate surface area is 110 Å². The van der Waals surface area contributed by atoms with Crippen LogP contribution in [0, 0.1) is 6.92 Å². The molecular formula is C14H14N2O3. The molecule has 0 saturated carbocycles. The second-order valence-electron chi connectivity index (χ2n) is 3.91. The highest BCUT2D eigenvalue weighted by molar-refractivity contribution is 5.81. The number of hydrogen-bond donors (Lipinski definition) is 1. The predicted octanol–water partition coefficient (Wildman–Crippen LogP) is 2.12. The lowest BCUT2D eigenvalue weighted by atomic mass is 10.2. The van der Waals surface area contributed by atoms with Gasteiger partial charge in [0.25, 0.3) is 5.91 Å². The number of nitrogens with zero attached hydrogens (tertiary/aromatic N) is 1. The summed E-state index contributed by atoms with van der Waals surface area (Å²) in [5.74, 6) is 0.888. The minimum Gasteiger partial charge on any atom is -0.484 e. The van der Waals surface area contributed by atoms with Crippen molar-refractivity contribution in [2.45, 2.75) is 6.92 Å². The quantitative estimate of drug-likeness (QED) is 0.660. The first-order valence-corrected chi connectivity index (χ1v) is 5.79. The number of amides is 1. The molecule has 5 heteroatoms. The van der Waals surface area contributed by atoms with Crippen LogP contribution in [-0.2, 0) is 4.79 Å². The molecule has 5 nitrogen and oxygen atoms in total. The average molecular weight is 258 g/mol. The van der Waals surface area contributed by atoms with E-state index in [2.05, 4.69) is 10.5 Å². The number of benzene rings is 1. The van der Waals surface area contributed by atoms with E-state index in [4.69, 9.17) is 9.15 Å². The molecule has 1 heterocycles. The Balaban J connectivity index is 1.74. The molecule has 0 aliphatic rings. The van der Waals surface area contributed by atoms with Gasteiger partial charge in [-0.2, -0.15) is 5.10 Å². The topological polar surface area (TPSA) is 63.8 Å². The van der Waals surface area contributed by atoms with E-state index in [0.29, 0.717) is 11.5 Å². The Morgan fingerprint density at radius 2 is 2.16 bits per heavy atom. The van der Waals surface area contributed by atoms with Gasteiger partial charge in [0.15, 0.2) is 6.61 Å². The number of furan rings is 1. The number of carbonyl (C=O) groups is 1. The monoisotopic (exact) mass is 258 g/mol. The number of rotatable bonds is 5. The molecular weight excluding hydrogens is 244 g/mol. The highest BCUT2D eigenvalue weighted by atomic mass is 16.5. The van der Waals surface area contributed by atoms with E-state index in [9.17, 15) is 4.79 Å². The molecule has 1 aromatic carbocycles. The van der Waals surface area contributed by atoms with Gasteiger partial charge in [0.1, 0.15) is 11.5 Å². The van der Waals surface area contributed by atoms with Crippen LogP contribution in [0.15, 0.2) is 52.2 Å². The van der Waals surface area contributed by atoms with Crippen molar-refractivity contribution >= 4 is 12.1 Å². The lowest BCUT2D eigenvalue weighted by Crippen LogP contribution is -2.24. The van der Waals surface area contributed by atoms with Crippen LogP contribution in [-0.4, -0.2) is 18.7 Å². The summed E-state index contributed by atoms with van der Waals surface area (Å²) in [5, 5.41) is 3.74. The highest BCUT2D eigenvalue weighted by Gasteiger charge is 2.01. The molecule has 0 bridgehead atoms. The van der Waals surface area contributed by atoms with Gasteiger partial charge in [-0.15, -0.1) is 0 Å². The Morgan fingerprint density at radius 1 is 1.37 bits per heavy atom. The van der Waals surface area contributed by atoms with E-state index in [-0.39, 0.29) is 12.5 Å². The Kier molecular flexibility index (Phi) is 4.34. The summed E-state index contributed by atoms with van der Waals surface area (Å²) in [6.07, 6.45) is 2.95. The van der Waals surface area contributed by atoms with Gasteiger partial charge in [0.05, 0.1) is 12.5 Å². The summed E-state index contributed by atoms with van der Waals surface area (Å²) >= 11 is 0. The molecule has 1 amide bonds. The standard InChI is InChI=1S/C14H14N2O3/c1-11-4-6-12(7-5-11)19-10-14(17)16-15-9-13-3-2-8-18-13/h2-9H,10H2,1H3,(H,16,17)/b15-9-. The number of aryl methyl sites for hydroxylation is 1. The fourth-order valence-electron chi connectivity index (χ4n) is 1.35. The minimum absolute atomic E-state index is 0.0848.